The van der Waals surface area contributed by atoms with E-state index in [0.29, 0.717) is 18.8 Å². The van der Waals surface area contributed by atoms with Gasteiger partial charge in [0.05, 0.1) is 0 Å². The molecule has 0 saturated carbocycles. The molecule has 1 aliphatic rings. The Kier molecular flexibility index (Phi) is 1.32. The molecule has 2 rings (SSSR count). The van der Waals surface area contributed by atoms with Crippen molar-refractivity contribution in [3.8, 4) is 0 Å². The minimum Gasteiger partial charge on any atom is -0.385 e. The maximum atomic E-state index is 10.9. The summed E-state index contributed by atoms with van der Waals surface area (Å²) in [6, 6.07) is 0. The SMILES string of the molecule is O=c1[nH]nc2n1CCCC2O. The number of nitrogens with zero attached hydrogens (tertiary/aromatic N) is 2. The molecule has 1 atom stereocenters. The highest BCUT2D eigenvalue weighted by Gasteiger charge is 2.20. The fourth-order valence-electron chi connectivity index (χ4n) is 1.37. The topological polar surface area (TPSA) is 70.9 Å². The molecule has 1 unspecified atom stereocenters. The zero-order chi connectivity index (χ0) is 7.84. The predicted octanol–water partition coefficient (Wildman–Crippen LogP) is -0.601. The van der Waals surface area contributed by atoms with Gasteiger partial charge in [-0.25, -0.2) is 9.89 Å². The summed E-state index contributed by atoms with van der Waals surface area (Å²) in [5, 5.41) is 15.4. The lowest BCUT2D eigenvalue weighted by molar-refractivity contribution is 0.133. The second-order valence-corrected chi connectivity index (χ2v) is 2.70. The third kappa shape index (κ3) is 0.883. The molecular formula is C6H9N3O2. The molecule has 1 aromatic heterocycles. The normalized spacial score (nSPS) is 23.2. The molecule has 0 saturated heterocycles. The summed E-state index contributed by atoms with van der Waals surface area (Å²) in [6.45, 7) is 0.668. The summed E-state index contributed by atoms with van der Waals surface area (Å²) < 4.78 is 1.48. The Bertz CT molecular complexity index is 314. The van der Waals surface area contributed by atoms with Gasteiger partial charge in [-0.15, -0.1) is 0 Å². The smallest absolute Gasteiger partial charge is 0.343 e. The van der Waals surface area contributed by atoms with Gasteiger partial charge in [-0.3, -0.25) is 4.57 Å². The van der Waals surface area contributed by atoms with Crippen molar-refractivity contribution < 1.29 is 5.11 Å². The van der Waals surface area contributed by atoms with E-state index in [-0.39, 0.29) is 5.69 Å². The lowest BCUT2D eigenvalue weighted by Gasteiger charge is -2.16. The molecular weight excluding hydrogens is 146 g/mol. The Hall–Kier alpha value is -1.10. The van der Waals surface area contributed by atoms with Crippen LogP contribution in [0.25, 0.3) is 0 Å². The zero-order valence-electron chi connectivity index (χ0n) is 5.95. The number of aliphatic hydroxyl groups excluding tert-OH is 1. The highest BCUT2D eigenvalue weighted by molar-refractivity contribution is 4.94. The molecule has 0 bridgehead atoms. The van der Waals surface area contributed by atoms with Crippen molar-refractivity contribution in [3.63, 3.8) is 0 Å². The average molecular weight is 155 g/mol. The van der Waals surface area contributed by atoms with Crippen molar-refractivity contribution >= 4 is 0 Å². The molecule has 2 N–H and O–H groups in total. The quantitative estimate of drug-likeness (QED) is 0.525. The first-order chi connectivity index (χ1) is 5.29. The lowest BCUT2D eigenvalue weighted by atomic mass is 10.1. The van der Waals surface area contributed by atoms with Gasteiger partial charge < -0.3 is 5.11 Å². The van der Waals surface area contributed by atoms with Crippen molar-refractivity contribution in [2.24, 2.45) is 0 Å². The third-order valence-corrected chi connectivity index (χ3v) is 1.95. The van der Waals surface area contributed by atoms with Crippen molar-refractivity contribution in [2.75, 3.05) is 0 Å². The molecule has 0 radical (unpaired) electrons. The molecule has 1 aromatic rings. The molecule has 0 fully saturated rings. The fraction of sp³-hybridized carbons (Fsp3) is 0.667. The second-order valence-electron chi connectivity index (χ2n) is 2.70. The first-order valence-corrected chi connectivity index (χ1v) is 3.62. The Morgan fingerprint density at radius 3 is 3.27 bits per heavy atom. The van der Waals surface area contributed by atoms with Crippen molar-refractivity contribution in [3.05, 3.63) is 16.3 Å². The standard InChI is InChI=1S/C6H9N3O2/c10-4-2-1-3-9-5(4)7-8-6(9)11/h4,10H,1-3H2,(H,8,11). The number of hydrogen-bond donors (Lipinski definition) is 2. The fourth-order valence-corrected chi connectivity index (χ4v) is 1.37. The number of fused-ring (bicyclic) bond motifs is 1. The van der Waals surface area contributed by atoms with Crippen LogP contribution >= 0.6 is 0 Å². The molecule has 0 amide bonds. The molecule has 0 aliphatic carbocycles. The Labute approximate surface area is 62.7 Å². The van der Waals surface area contributed by atoms with E-state index in [1.54, 1.807) is 0 Å². The van der Waals surface area contributed by atoms with Crippen LogP contribution in [0.2, 0.25) is 0 Å². The summed E-state index contributed by atoms with van der Waals surface area (Å²) in [4.78, 5) is 10.9. The van der Waals surface area contributed by atoms with Gasteiger partial charge in [0.15, 0.2) is 5.82 Å². The van der Waals surface area contributed by atoms with Crippen molar-refractivity contribution in [1.29, 1.82) is 0 Å². The third-order valence-electron chi connectivity index (χ3n) is 1.95. The number of hydrogen-bond acceptors (Lipinski definition) is 3. The largest absolute Gasteiger partial charge is 0.385 e. The number of aromatic amines is 1. The minimum absolute atomic E-state index is 0.223. The first-order valence-electron chi connectivity index (χ1n) is 3.62. The highest BCUT2D eigenvalue weighted by Crippen LogP contribution is 2.19. The summed E-state index contributed by atoms with van der Waals surface area (Å²) in [5.74, 6) is 0.473. The van der Waals surface area contributed by atoms with Crippen LogP contribution in [0.1, 0.15) is 24.8 Å². The van der Waals surface area contributed by atoms with Crippen molar-refractivity contribution in [1.82, 2.24) is 14.8 Å². The molecule has 11 heavy (non-hydrogen) atoms. The van der Waals surface area contributed by atoms with Crippen LogP contribution in [0, 0.1) is 0 Å². The summed E-state index contributed by atoms with van der Waals surface area (Å²) in [7, 11) is 0. The van der Waals surface area contributed by atoms with Crippen LogP contribution < -0.4 is 5.69 Å². The van der Waals surface area contributed by atoms with Crippen LogP contribution in [0.4, 0.5) is 0 Å². The maximum absolute atomic E-state index is 10.9. The van der Waals surface area contributed by atoms with E-state index < -0.39 is 6.10 Å². The number of aromatic nitrogens is 3. The Morgan fingerprint density at radius 1 is 1.73 bits per heavy atom. The number of aliphatic hydroxyl groups is 1. The number of H-pyrrole nitrogens is 1. The van der Waals surface area contributed by atoms with E-state index in [9.17, 15) is 9.90 Å². The van der Waals surface area contributed by atoms with E-state index in [0.717, 1.165) is 6.42 Å². The van der Waals surface area contributed by atoms with Gasteiger partial charge in [-0.2, -0.15) is 5.10 Å². The van der Waals surface area contributed by atoms with E-state index in [1.807, 2.05) is 0 Å². The summed E-state index contributed by atoms with van der Waals surface area (Å²) in [6.07, 6.45) is 0.973. The molecule has 5 heteroatoms. The molecule has 0 spiro atoms. The van der Waals surface area contributed by atoms with Gasteiger partial charge in [0.2, 0.25) is 0 Å². The lowest BCUT2D eigenvalue weighted by Crippen LogP contribution is -2.24. The monoisotopic (exact) mass is 155 g/mol. The van der Waals surface area contributed by atoms with Crippen molar-refractivity contribution in [2.45, 2.75) is 25.5 Å². The highest BCUT2D eigenvalue weighted by atomic mass is 16.3. The van der Waals surface area contributed by atoms with Gasteiger partial charge in [-0.05, 0) is 12.8 Å². The predicted molar refractivity (Wildman–Crippen MR) is 37.0 cm³/mol. The van der Waals surface area contributed by atoms with Crippen LogP contribution in [0.5, 0.6) is 0 Å². The Balaban J connectivity index is 2.55. The van der Waals surface area contributed by atoms with Gasteiger partial charge in [0.25, 0.3) is 0 Å². The zero-order valence-corrected chi connectivity index (χ0v) is 5.95. The van der Waals surface area contributed by atoms with E-state index >= 15 is 0 Å². The first kappa shape index (κ1) is 6.60. The minimum atomic E-state index is -0.567. The van der Waals surface area contributed by atoms with Crippen LogP contribution in [0.15, 0.2) is 4.79 Å². The number of nitrogens with one attached hydrogen (secondary N) is 1. The number of rotatable bonds is 0. The summed E-state index contributed by atoms with van der Waals surface area (Å²) in [5.41, 5.74) is -0.223. The van der Waals surface area contributed by atoms with Gasteiger partial charge in [0, 0.05) is 6.54 Å². The Morgan fingerprint density at radius 2 is 2.55 bits per heavy atom. The van der Waals surface area contributed by atoms with E-state index in [1.165, 1.54) is 4.57 Å². The molecule has 0 aromatic carbocycles. The molecule has 60 valence electrons. The summed E-state index contributed by atoms with van der Waals surface area (Å²) >= 11 is 0. The van der Waals surface area contributed by atoms with Crippen LogP contribution in [-0.4, -0.2) is 19.9 Å². The van der Waals surface area contributed by atoms with Gasteiger partial charge in [0.1, 0.15) is 6.10 Å². The van der Waals surface area contributed by atoms with Crippen LogP contribution in [0.3, 0.4) is 0 Å². The van der Waals surface area contributed by atoms with E-state index in [2.05, 4.69) is 10.2 Å². The van der Waals surface area contributed by atoms with Gasteiger partial charge >= 0.3 is 5.69 Å². The molecule has 2 heterocycles. The second kappa shape index (κ2) is 2.20. The average Bonchev–Trinajstić information content (AvgIpc) is 2.35. The maximum Gasteiger partial charge on any atom is 0.343 e. The van der Waals surface area contributed by atoms with Gasteiger partial charge in [-0.1, -0.05) is 0 Å². The molecule has 1 aliphatic heterocycles. The molecule has 5 nitrogen and oxygen atoms in total. The van der Waals surface area contributed by atoms with E-state index in [4.69, 9.17) is 0 Å². The van der Waals surface area contributed by atoms with Crippen LogP contribution in [-0.2, 0) is 6.54 Å².